The van der Waals surface area contributed by atoms with Crippen molar-refractivity contribution in [3.05, 3.63) is 27.4 Å². The van der Waals surface area contributed by atoms with Gasteiger partial charge in [0, 0.05) is 23.5 Å². The normalized spacial score (nSPS) is 16.8. The van der Waals surface area contributed by atoms with Gasteiger partial charge in [0.25, 0.3) is 0 Å². The molecule has 0 saturated heterocycles. The van der Waals surface area contributed by atoms with Crippen LogP contribution in [0, 0.1) is 13.8 Å². The van der Waals surface area contributed by atoms with Crippen molar-refractivity contribution in [3.8, 4) is 0 Å². The molecule has 19 heavy (non-hydrogen) atoms. The fourth-order valence-corrected chi connectivity index (χ4v) is 2.26. The minimum Gasteiger partial charge on any atom is -0.388 e. The molecule has 0 unspecified atom stereocenters. The first-order chi connectivity index (χ1) is 8.89. The second-order valence-corrected chi connectivity index (χ2v) is 5.26. The van der Waals surface area contributed by atoms with Gasteiger partial charge in [0.1, 0.15) is 0 Å². The van der Waals surface area contributed by atoms with E-state index >= 15 is 0 Å². The zero-order valence-electron chi connectivity index (χ0n) is 11.2. The number of hydrogen-bond donors (Lipinski definition) is 3. The average molecular weight is 265 g/mol. The average Bonchev–Trinajstić information content (AvgIpc) is 2.28. The molecule has 2 rings (SSSR count). The van der Waals surface area contributed by atoms with E-state index in [2.05, 4.69) is 15.3 Å². The Bertz CT molecular complexity index is 520. The standard InChI is InChI=1S/C13H19N3O3/c1-8-10(9(2)16-12(18)15-8)6-11(17)14-7-13(19)4-3-5-13/h19H,3-7H2,1-2H3,(H,14,17)(H,15,16,18). The van der Waals surface area contributed by atoms with Crippen LogP contribution < -0.4 is 11.0 Å². The second-order valence-electron chi connectivity index (χ2n) is 5.26. The maximum absolute atomic E-state index is 11.8. The molecule has 1 aliphatic rings. The number of aliphatic hydroxyl groups is 1. The monoisotopic (exact) mass is 265 g/mol. The smallest absolute Gasteiger partial charge is 0.345 e. The van der Waals surface area contributed by atoms with E-state index in [1.54, 1.807) is 13.8 Å². The van der Waals surface area contributed by atoms with E-state index in [0.717, 1.165) is 24.8 Å². The molecule has 0 atom stereocenters. The van der Waals surface area contributed by atoms with Crippen molar-refractivity contribution in [2.24, 2.45) is 0 Å². The van der Waals surface area contributed by atoms with Crippen molar-refractivity contribution < 1.29 is 9.90 Å². The topological polar surface area (TPSA) is 95.1 Å². The lowest BCUT2D eigenvalue weighted by Crippen LogP contribution is -2.48. The zero-order chi connectivity index (χ0) is 14.0. The van der Waals surface area contributed by atoms with Crippen LogP contribution in [-0.4, -0.2) is 33.1 Å². The highest BCUT2D eigenvalue weighted by Crippen LogP contribution is 2.30. The van der Waals surface area contributed by atoms with E-state index in [-0.39, 0.29) is 12.3 Å². The van der Waals surface area contributed by atoms with E-state index in [9.17, 15) is 14.7 Å². The van der Waals surface area contributed by atoms with Gasteiger partial charge in [0.15, 0.2) is 0 Å². The molecule has 1 aliphatic carbocycles. The Morgan fingerprint density at radius 1 is 1.47 bits per heavy atom. The first kappa shape index (κ1) is 13.7. The SMILES string of the molecule is Cc1nc(=O)[nH]c(C)c1CC(=O)NCC1(O)CCC1. The predicted molar refractivity (Wildman–Crippen MR) is 69.8 cm³/mol. The van der Waals surface area contributed by atoms with E-state index in [4.69, 9.17) is 0 Å². The summed E-state index contributed by atoms with van der Waals surface area (Å²) < 4.78 is 0. The first-order valence-corrected chi connectivity index (χ1v) is 6.45. The molecular formula is C13H19N3O3. The van der Waals surface area contributed by atoms with Crippen LogP contribution in [0.2, 0.25) is 0 Å². The number of nitrogens with zero attached hydrogens (tertiary/aromatic N) is 1. The van der Waals surface area contributed by atoms with Crippen molar-refractivity contribution in [2.75, 3.05) is 6.54 Å². The number of aromatic amines is 1. The van der Waals surface area contributed by atoms with Crippen molar-refractivity contribution >= 4 is 5.91 Å². The summed E-state index contributed by atoms with van der Waals surface area (Å²) >= 11 is 0. The molecular weight excluding hydrogens is 246 g/mol. The van der Waals surface area contributed by atoms with Crippen LogP contribution in [0.25, 0.3) is 0 Å². The third-order valence-electron chi connectivity index (χ3n) is 3.69. The summed E-state index contributed by atoms with van der Waals surface area (Å²) in [5.41, 5.74) is 0.845. The van der Waals surface area contributed by atoms with E-state index in [0.29, 0.717) is 17.9 Å². The lowest BCUT2D eigenvalue weighted by Gasteiger charge is -2.36. The molecule has 6 heteroatoms. The summed E-state index contributed by atoms with van der Waals surface area (Å²) in [6.07, 6.45) is 2.66. The molecule has 1 aromatic rings. The Balaban J connectivity index is 1.97. The van der Waals surface area contributed by atoms with Gasteiger partial charge in [-0.1, -0.05) is 0 Å². The van der Waals surface area contributed by atoms with Crippen LogP contribution in [0.3, 0.4) is 0 Å². The number of amides is 1. The fraction of sp³-hybridized carbons (Fsp3) is 0.615. The van der Waals surface area contributed by atoms with Gasteiger partial charge in [-0.15, -0.1) is 0 Å². The van der Waals surface area contributed by atoms with Crippen molar-refractivity contribution in [3.63, 3.8) is 0 Å². The van der Waals surface area contributed by atoms with Crippen LogP contribution in [0.4, 0.5) is 0 Å². The summed E-state index contributed by atoms with van der Waals surface area (Å²) in [6.45, 7) is 3.75. The molecule has 1 aromatic heterocycles. The zero-order valence-corrected chi connectivity index (χ0v) is 11.2. The van der Waals surface area contributed by atoms with E-state index in [1.165, 1.54) is 0 Å². The van der Waals surface area contributed by atoms with Gasteiger partial charge in [-0.25, -0.2) is 4.79 Å². The van der Waals surface area contributed by atoms with Crippen molar-refractivity contribution in [1.29, 1.82) is 0 Å². The fourth-order valence-electron chi connectivity index (χ4n) is 2.26. The van der Waals surface area contributed by atoms with Crippen LogP contribution in [0.5, 0.6) is 0 Å². The number of H-pyrrole nitrogens is 1. The Kier molecular flexibility index (Phi) is 3.71. The first-order valence-electron chi connectivity index (χ1n) is 6.45. The molecule has 0 radical (unpaired) electrons. The molecule has 6 nitrogen and oxygen atoms in total. The van der Waals surface area contributed by atoms with E-state index in [1.807, 2.05) is 0 Å². The number of aryl methyl sites for hydroxylation is 2. The highest BCUT2D eigenvalue weighted by atomic mass is 16.3. The molecule has 1 saturated carbocycles. The Hall–Kier alpha value is -1.69. The van der Waals surface area contributed by atoms with Crippen LogP contribution in [0.15, 0.2) is 4.79 Å². The lowest BCUT2D eigenvalue weighted by molar-refractivity contribution is -0.122. The van der Waals surface area contributed by atoms with E-state index < -0.39 is 11.3 Å². The molecule has 1 heterocycles. The van der Waals surface area contributed by atoms with Crippen LogP contribution >= 0.6 is 0 Å². The summed E-state index contributed by atoms with van der Waals surface area (Å²) in [7, 11) is 0. The number of rotatable bonds is 4. The molecule has 0 aromatic carbocycles. The maximum atomic E-state index is 11.8. The Morgan fingerprint density at radius 2 is 2.16 bits per heavy atom. The minimum absolute atomic E-state index is 0.164. The number of carbonyl (C=O) groups is 1. The van der Waals surface area contributed by atoms with Gasteiger partial charge >= 0.3 is 5.69 Å². The summed E-state index contributed by atoms with van der Waals surface area (Å²) in [5, 5.41) is 12.6. The number of nitrogens with one attached hydrogen (secondary N) is 2. The molecule has 1 fully saturated rings. The highest BCUT2D eigenvalue weighted by molar-refractivity contribution is 5.79. The predicted octanol–water partition coefficient (Wildman–Crippen LogP) is -0.0396. The van der Waals surface area contributed by atoms with Gasteiger partial charge in [-0.2, -0.15) is 4.98 Å². The van der Waals surface area contributed by atoms with Crippen molar-refractivity contribution in [2.45, 2.75) is 45.1 Å². The van der Waals surface area contributed by atoms with Crippen LogP contribution in [0.1, 0.15) is 36.2 Å². The Morgan fingerprint density at radius 3 is 2.68 bits per heavy atom. The largest absolute Gasteiger partial charge is 0.388 e. The maximum Gasteiger partial charge on any atom is 0.345 e. The van der Waals surface area contributed by atoms with Gasteiger partial charge < -0.3 is 15.4 Å². The molecule has 0 spiro atoms. The molecule has 1 amide bonds. The molecule has 3 N–H and O–H groups in total. The van der Waals surface area contributed by atoms with Gasteiger partial charge in [-0.05, 0) is 33.1 Å². The number of carbonyl (C=O) groups excluding carboxylic acids is 1. The molecule has 104 valence electrons. The number of aromatic nitrogens is 2. The highest BCUT2D eigenvalue weighted by Gasteiger charge is 2.34. The summed E-state index contributed by atoms with van der Waals surface area (Å²) in [6, 6.07) is 0. The minimum atomic E-state index is -0.719. The molecule has 0 aliphatic heterocycles. The molecule has 0 bridgehead atoms. The van der Waals surface area contributed by atoms with Crippen molar-refractivity contribution in [1.82, 2.24) is 15.3 Å². The third-order valence-corrected chi connectivity index (χ3v) is 3.69. The third kappa shape index (κ3) is 3.20. The summed E-state index contributed by atoms with van der Waals surface area (Å²) in [5.74, 6) is -0.166. The van der Waals surface area contributed by atoms with Crippen LogP contribution in [-0.2, 0) is 11.2 Å². The lowest BCUT2D eigenvalue weighted by atomic mass is 9.80. The summed E-state index contributed by atoms with van der Waals surface area (Å²) in [4.78, 5) is 29.4. The Labute approximate surface area is 111 Å². The quantitative estimate of drug-likeness (QED) is 0.712. The number of hydrogen-bond acceptors (Lipinski definition) is 4. The van der Waals surface area contributed by atoms with Gasteiger partial charge in [0.2, 0.25) is 5.91 Å². The second kappa shape index (κ2) is 5.13. The van der Waals surface area contributed by atoms with Gasteiger partial charge in [0.05, 0.1) is 12.0 Å². The van der Waals surface area contributed by atoms with Gasteiger partial charge in [-0.3, -0.25) is 4.79 Å².